The number of rotatable bonds is 3. The van der Waals surface area contributed by atoms with Gasteiger partial charge in [0.15, 0.2) is 5.78 Å². The molecule has 1 fully saturated rings. The van der Waals surface area contributed by atoms with Crippen LogP contribution in [0, 0.1) is 5.92 Å². The van der Waals surface area contributed by atoms with Crippen molar-refractivity contribution in [2.75, 3.05) is 19.8 Å². The second-order valence-electron chi connectivity index (χ2n) is 5.98. The average Bonchev–Trinajstić information content (AvgIpc) is 2.35. The normalized spacial score (nSPS) is 21.9. The standard InChI is InChI=1S/C14H25NO4/c1-6-10(2)12(16)11-9-18-8-7-15(11)13(17)19-14(3,4)5/h10-11H,6-9H2,1-5H3. The van der Waals surface area contributed by atoms with Gasteiger partial charge in [0.2, 0.25) is 0 Å². The first-order valence-electron chi connectivity index (χ1n) is 6.87. The summed E-state index contributed by atoms with van der Waals surface area (Å²) in [6.45, 7) is 10.4. The predicted octanol–water partition coefficient (Wildman–Crippen LogP) is 2.24. The summed E-state index contributed by atoms with van der Waals surface area (Å²) in [6.07, 6.45) is 0.328. The number of Topliss-reactive ketones (excluding diaryl/α,β-unsaturated/α-hetero) is 1. The van der Waals surface area contributed by atoms with Crippen LogP contribution in [0.3, 0.4) is 0 Å². The Labute approximate surface area is 115 Å². The van der Waals surface area contributed by atoms with Gasteiger partial charge in [-0.05, 0) is 27.2 Å². The summed E-state index contributed by atoms with van der Waals surface area (Å²) in [7, 11) is 0. The van der Waals surface area contributed by atoms with Crippen LogP contribution < -0.4 is 0 Å². The molecule has 1 aliphatic heterocycles. The minimum atomic E-state index is -0.556. The van der Waals surface area contributed by atoms with E-state index in [1.807, 2.05) is 34.6 Å². The van der Waals surface area contributed by atoms with E-state index >= 15 is 0 Å². The molecule has 1 amide bonds. The Morgan fingerprint density at radius 2 is 2.05 bits per heavy atom. The van der Waals surface area contributed by atoms with Crippen LogP contribution in [0.4, 0.5) is 4.79 Å². The fourth-order valence-corrected chi connectivity index (χ4v) is 1.91. The molecular weight excluding hydrogens is 246 g/mol. The predicted molar refractivity (Wildman–Crippen MR) is 72.0 cm³/mol. The SMILES string of the molecule is CCC(C)C(=O)C1COCCN1C(=O)OC(C)(C)C. The number of nitrogens with zero attached hydrogens (tertiary/aromatic N) is 1. The highest BCUT2D eigenvalue weighted by molar-refractivity contribution is 5.89. The number of hydrogen-bond acceptors (Lipinski definition) is 4. The van der Waals surface area contributed by atoms with Crippen molar-refractivity contribution in [1.82, 2.24) is 4.90 Å². The maximum absolute atomic E-state index is 12.3. The van der Waals surface area contributed by atoms with Gasteiger partial charge < -0.3 is 9.47 Å². The van der Waals surface area contributed by atoms with E-state index in [2.05, 4.69) is 0 Å². The molecule has 5 heteroatoms. The number of amides is 1. The van der Waals surface area contributed by atoms with E-state index in [1.54, 1.807) is 0 Å². The molecule has 0 bridgehead atoms. The zero-order valence-electron chi connectivity index (χ0n) is 12.6. The summed E-state index contributed by atoms with van der Waals surface area (Å²) in [6, 6.07) is -0.515. The number of morpholine rings is 1. The largest absolute Gasteiger partial charge is 0.444 e. The Bertz CT molecular complexity index is 335. The van der Waals surface area contributed by atoms with Crippen molar-refractivity contribution in [3.63, 3.8) is 0 Å². The first-order valence-corrected chi connectivity index (χ1v) is 6.87. The lowest BCUT2D eigenvalue weighted by atomic mass is 9.96. The Kier molecular flexibility index (Phi) is 5.35. The van der Waals surface area contributed by atoms with Gasteiger partial charge in [-0.3, -0.25) is 9.69 Å². The number of hydrogen-bond donors (Lipinski definition) is 0. The van der Waals surface area contributed by atoms with Gasteiger partial charge in [0.25, 0.3) is 0 Å². The molecule has 110 valence electrons. The highest BCUT2D eigenvalue weighted by Gasteiger charge is 2.36. The third kappa shape index (κ3) is 4.49. The van der Waals surface area contributed by atoms with Crippen LogP contribution in [0.25, 0.3) is 0 Å². The molecule has 1 saturated heterocycles. The van der Waals surface area contributed by atoms with Crippen LogP contribution in [-0.4, -0.2) is 48.2 Å². The van der Waals surface area contributed by atoms with E-state index in [-0.39, 0.29) is 18.3 Å². The lowest BCUT2D eigenvalue weighted by Crippen LogP contribution is -2.54. The molecule has 0 saturated carbocycles. The minimum Gasteiger partial charge on any atom is -0.444 e. The van der Waals surface area contributed by atoms with Crippen LogP contribution in [0.5, 0.6) is 0 Å². The molecule has 2 unspecified atom stereocenters. The number of carbonyl (C=O) groups is 2. The molecule has 0 spiro atoms. The highest BCUT2D eigenvalue weighted by atomic mass is 16.6. The first kappa shape index (κ1) is 16.0. The van der Waals surface area contributed by atoms with Crippen molar-refractivity contribution in [3.8, 4) is 0 Å². The van der Waals surface area contributed by atoms with Gasteiger partial charge in [0.05, 0.1) is 13.2 Å². The molecule has 0 N–H and O–H groups in total. The van der Waals surface area contributed by atoms with Crippen LogP contribution in [0.2, 0.25) is 0 Å². The zero-order valence-corrected chi connectivity index (χ0v) is 12.6. The molecule has 0 aromatic rings. The van der Waals surface area contributed by atoms with Gasteiger partial charge in [-0.2, -0.15) is 0 Å². The summed E-state index contributed by atoms with van der Waals surface area (Å²) in [5, 5.41) is 0. The maximum Gasteiger partial charge on any atom is 0.411 e. The van der Waals surface area contributed by atoms with Crippen LogP contribution in [0.1, 0.15) is 41.0 Å². The minimum absolute atomic E-state index is 0.0491. The number of carbonyl (C=O) groups excluding carboxylic acids is 2. The van der Waals surface area contributed by atoms with Crippen molar-refractivity contribution >= 4 is 11.9 Å². The summed E-state index contributed by atoms with van der Waals surface area (Å²) in [5.74, 6) is -0.0234. The Morgan fingerprint density at radius 1 is 1.42 bits per heavy atom. The summed E-state index contributed by atoms with van der Waals surface area (Å²) < 4.78 is 10.7. The lowest BCUT2D eigenvalue weighted by molar-refractivity contribution is -0.133. The Morgan fingerprint density at radius 3 is 2.58 bits per heavy atom. The summed E-state index contributed by atoms with van der Waals surface area (Å²) in [5.41, 5.74) is -0.556. The van der Waals surface area contributed by atoms with Crippen molar-refractivity contribution < 1.29 is 19.1 Å². The van der Waals surface area contributed by atoms with E-state index in [1.165, 1.54) is 4.90 Å². The van der Waals surface area contributed by atoms with Gasteiger partial charge >= 0.3 is 6.09 Å². The van der Waals surface area contributed by atoms with Crippen LogP contribution in [0.15, 0.2) is 0 Å². The molecule has 0 aliphatic carbocycles. The Balaban J connectivity index is 2.78. The molecule has 19 heavy (non-hydrogen) atoms. The third-order valence-corrected chi connectivity index (χ3v) is 3.18. The van der Waals surface area contributed by atoms with E-state index in [4.69, 9.17) is 9.47 Å². The molecule has 5 nitrogen and oxygen atoms in total. The number of ketones is 1. The van der Waals surface area contributed by atoms with E-state index in [0.29, 0.717) is 13.2 Å². The number of ether oxygens (including phenoxy) is 2. The molecule has 0 aromatic heterocycles. The van der Waals surface area contributed by atoms with Gasteiger partial charge in [-0.15, -0.1) is 0 Å². The van der Waals surface area contributed by atoms with E-state index < -0.39 is 17.7 Å². The molecule has 0 radical (unpaired) electrons. The first-order chi connectivity index (χ1) is 8.76. The van der Waals surface area contributed by atoms with Crippen molar-refractivity contribution in [2.45, 2.75) is 52.7 Å². The highest BCUT2D eigenvalue weighted by Crippen LogP contribution is 2.18. The second kappa shape index (κ2) is 6.37. The maximum atomic E-state index is 12.3. The van der Waals surface area contributed by atoms with Gasteiger partial charge in [-0.1, -0.05) is 13.8 Å². The molecule has 0 aromatic carbocycles. The third-order valence-electron chi connectivity index (χ3n) is 3.18. The van der Waals surface area contributed by atoms with Crippen molar-refractivity contribution in [2.24, 2.45) is 5.92 Å². The molecule has 1 heterocycles. The van der Waals surface area contributed by atoms with Crippen molar-refractivity contribution in [3.05, 3.63) is 0 Å². The topological polar surface area (TPSA) is 55.8 Å². The van der Waals surface area contributed by atoms with Gasteiger partial charge in [0.1, 0.15) is 11.6 Å². The van der Waals surface area contributed by atoms with Gasteiger partial charge in [-0.25, -0.2) is 4.79 Å². The lowest BCUT2D eigenvalue weighted by Gasteiger charge is -2.36. The van der Waals surface area contributed by atoms with E-state index in [9.17, 15) is 9.59 Å². The second-order valence-corrected chi connectivity index (χ2v) is 5.98. The van der Waals surface area contributed by atoms with E-state index in [0.717, 1.165) is 6.42 Å². The molecule has 1 rings (SSSR count). The monoisotopic (exact) mass is 271 g/mol. The molecule has 2 atom stereocenters. The van der Waals surface area contributed by atoms with Gasteiger partial charge in [0, 0.05) is 12.5 Å². The molecular formula is C14H25NO4. The quantitative estimate of drug-likeness (QED) is 0.790. The fourth-order valence-electron chi connectivity index (χ4n) is 1.91. The van der Waals surface area contributed by atoms with Crippen molar-refractivity contribution in [1.29, 1.82) is 0 Å². The average molecular weight is 271 g/mol. The Hall–Kier alpha value is -1.10. The summed E-state index contributed by atoms with van der Waals surface area (Å²) in [4.78, 5) is 25.9. The fraction of sp³-hybridized carbons (Fsp3) is 0.857. The molecule has 1 aliphatic rings. The summed E-state index contributed by atoms with van der Waals surface area (Å²) >= 11 is 0. The zero-order chi connectivity index (χ0) is 14.6. The smallest absolute Gasteiger partial charge is 0.411 e. The van der Waals surface area contributed by atoms with Crippen LogP contribution in [-0.2, 0) is 14.3 Å². The van der Waals surface area contributed by atoms with Crippen LogP contribution >= 0.6 is 0 Å².